The molecule has 0 aliphatic heterocycles. The lowest BCUT2D eigenvalue weighted by atomic mass is 10.2. The molecule has 1 amide bonds. The van der Waals surface area contributed by atoms with E-state index < -0.39 is 0 Å². The van der Waals surface area contributed by atoms with Crippen LogP contribution in [0.4, 0.5) is 0 Å². The van der Waals surface area contributed by atoms with Crippen LogP contribution < -0.4 is 10.2 Å². The summed E-state index contributed by atoms with van der Waals surface area (Å²) in [5.41, 5.74) is 4.05. The lowest BCUT2D eigenvalue weighted by molar-refractivity contribution is 0.0951. The molecule has 0 aliphatic rings. The molecule has 0 aromatic heterocycles. The SMILES string of the molecule is CCCOc1ccccc1C(=O)N/N=C/C=C/c1ccccc1. The molecule has 0 atom stereocenters. The Bertz CT molecular complexity index is 679. The maximum Gasteiger partial charge on any atom is 0.275 e. The van der Waals surface area contributed by atoms with Crippen LogP contribution in [0.5, 0.6) is 5.75 Å². The molecule has 4 nitrogen and oxygen atoms in total. The highest BCUT2D eigenvalue weighted by Gasteiger charge is 2.10. The summed E-state index contributed by atoms with van der Waals surface area (Å²) in [6.07, 6.45) is 6.11. The zero-order valence-electron chi connectivity index (χ0n) is 13.1. The first-order valence-corrected chi connectivity index (χ1v) is 7.58. The van der Waals surface area contributed by atoms with Crippen molar-refractivity contribution in [1.29, 1.82) is 0 Å². The average molecular weight is 308 g/mol. The molecular formula is C19H20N2O2. The quantitative estimate of drug-likeness (QED) is 0.623. The Labute approximate surface area is 136 Å². The molecule has 0 aliphatic carbocycles. The summed E-state index contributed by atoms with van der Waals surface area (Å²) in [6.45, 7) is 2.60. The van der Waals surface area contributed by atoms with Gasteiger partial charge in [-0.3, -0.25) is 4.79 Å². The van der Waals surface area contributed by atoms with Gasteiger partial charge in [0, 0.05) is 6.21 Å². The van der Waals surface area contributed by atoms with Crippen LogP contribution in [0.3, 0.4) is 0 Å². The van der Waals surface area contributed by atoms with Crippen molar-refractivity contribution in [3.8, 4) is 5.75 Å². The van der Waals surface area contributed by atoms with E-state index >= 15 is 0 Å². The first kappa shape index (κ1) is 16.5. The maximum atomic E-state index is 12.1. The molecule has 0 radical (unpaired) electrons. The van der Waals surface area contributed by atoms with E-state index in [1.165, 1.54) is 0 Å². The van der Waals surface area contributed by atoms with E-state index in [1.807, 2.05) is 49.4 Å². The summed E-state index contributed by atoms with van der Waals surface area (Å²) in [7, 11) is 0. The van der Waals surface area contributed by atoms with Crippen molar-refractivity contribution < 1.29 is 9.53 Å². The molecule has 2 aromatic rings. The summed E-state index contributed by atoms with van der Waals surface area (Å²) < 4.78 is 5.57. The van der Waals surface area contributed by atoms with Crippen LogP contribution in [0, 0.1) is 0 Å². The van der Waals surface area contributed by atoms with Crippen LogP contribution >= 0.6 is 0 Å². The van der Waals surface area contributed by atoms with E-state index in [0.29, 0.717) is 17.9 Å². The highest BCUT2D eigenvalue weighted by Crippen LogP contribution is 2.17. The van der Waals surface area contributed by atoms with Gasteiger partial charge in [-0.15, -0.1) is 0 Å². The van der Waals surface area contributed by atoms with Crippen molar-refractivity contribution in [1.82, 2.24) is 5.43 Å². The van der Waals surface area contributed by atoms with Gasteiger partial charge in [-0.1, -0.05) is 55.5 Å². The summed E-state index contributed by atoms with van der Waals surface area (Å²) in [5, 5.41) is 3.92. The summed E-state index contributed by atoms with van der Waals surface area (Å²) in [5.74, 6) is 0.281. The van der Waals surface area contributed by atoms with E-state index in [4.69, 9.17) is 4.74 Å². The van der Waals surface area contributed by atoms with Crippen LogP contribution in [0.25, 0.3) is 6.08 Å². The lowest BCUT2D eigenvalue weighted by Gasteiger charge is -2.09. The molecule has 0 heterocycles. The normalized spacial score (nSPS) is 11.0. The Hall–Kier alpha value is -2.88. The third-order valence-corrected chi connectivity index (χ3v) is 3.01. The zero-order valence-corrected chi connectivity index (χ0v) is 13.1. The number of amides is 1. The van der Waals surface area contributed by atoms with E-state index in [2.05, 4.69) is 10.5 Å². The zero-order chi connectivity index (χ0) is 16.3. The van der Waals surface area contributed by atoms with Crippen LogP contribution in [-0.2, 0) is 0 Å². The molecule has 0 saturated heterocycles. The highest BCUT2D eigenvalue weighted by molar-refractivity contribution is 5.97. The Balaban J connectivity index is 1.92. The lowest BCUT2D eigenvalue weighted by Crippen LogP contribution is -2.18. The van der Waals surface area contributed by atoms with Gasteiger partial charge in [0.1, 0.15) is 5.75 Å². The van der Waals surface area contributed by atoms with Crippen molar-refractivity contribution in [3.63, 3.8) is 0 Å². The molecule has 2 rings (SSSR count). The standard InChI is InChI=1S/C19H20N2O2/c1-2-15-23-18-13-7-6-12-17(18)19(22)21-20-14-8-11-16-9-4-3-5-10-16/h3-14H,2,15H2,1H3,(H,21,22)/b11-8+,20-14+. The molecule has 0 bridgehead atoms. The van der Waals surface area contributed by atoms with E-state index in [-0.39, 0.29) is 5.91 Å². The number of allylic oxidation sites excluding steroid dienone is 1. The number of nitrogens with zero attached hydrogens (tertiary/aromatic N) is 1. The molecule has 0 spiro atoms. The number of para-hydroxylation sites is 1. The van der Waals surface area contributed by atoms with Crippen LogP contribution in [0.15, 0.2) is 65.8 Å². The third kappa shape index (κ3) is 5.43. The average Bonchev–Trinajstić information content (AvgIpc) is 2.60. The Morgan fingerprint density at radius 1 is 1.13 bits per heavy atom. The first-order valence-electron chi connectivity index (χ1n) is 7.58. The topological polar surface area (TPSA) is 50.7 Å². The third-order valence-electron chi connectivity index (χ3n) is 3.01. The molecule has 4 heteroatoms. The van der Waals surface area contributed by atoms with Crippen molar-refractivity contribution in [2.24, 2.45) is 5.10 Å². The van der Waals surface area contributed by atoms with Crippen molar-refractivity contribution in [3.05, 3.63) is 71.8 Å². The number of hydrogen-bond acceptors (Lipinski definition) is 3. The van der Waals surface area contributed by atoms with Crippen LogP contribution in [0.2, 0.25) is 0 Å². The minimum Gasteiger partial charge on any atom is -0.493 e. The summed E-state index contributed by atoms with van der Waals surface area (Å²) >= 11 is 0. The molecule has 23 heavy (non-hydrogen) atoms. The van der Waals surface area contributed by atoms with Gasteiger partial charge in [0.25, 0.3) is 5.91 Å². The molecule has 0 saturated carbocycles. The van der Waals surface area contributed by atoms with E-state index in [9.17, 15) is 4.79 Å². The van der Waals surface area contributed by atoms with Gasteiger partial charge in [-0.05, 0) is 30.2 Å². The molecule has 118 valence electrons. The van der Waals surface area contributed by atoms with Crippen molar-refractivity contribution in [2.45, 2.75) is 13.3 Å². The van der Waals surface area contributed by atoms with Gasteiger partial charge in [0.05, 0.1) is 12.2 Å². The molecule has 2 aromatic carbocycles. The number of nitrogens with one attached hydrogen (secondary N) is 1. The van der Waals surface area contributed by atoms with Gasteiger partial charge in [-0.25, -0.2) is 5.43 Å². The predicted octanol–water partition coefficient (Wildman–Crippen LogP) is 3.90. The van der Waals surface area contributed by atoms with Gasteiger partial charge in [-0.2, -0.15) is 5.10 Å². The van der Waals surface area contributed by atoms with Crippen LogP contribution in [0.1, 0.15) is 29.3 Å². The van der Waals surface area contributed by atoms with Crippen molar-refractivity contribution >= 4 is 18.2 Å². The fourth-order valence-electron chi connectivity index (χ4n) is 1.91. The first-order chi connectivity index (χ1) is 11.3. The number of hydrazone groups is 1. The smallest absolute Gasteiger partial charge is 0.275 e. The second-order valence-corrected chi connectivity index (χ2v) is 4.83. The molecule has 0 fully saturated rings. The molecular weight excluding hydrogens is 288 g/mol. The number of benzene rings is 2. The largest absolute Gasteiger partial charge is 0.493 e. The number of hydrogen-bond donors (Lipinski definition) is 1. The van der Waals surface area contributed by atoms with E-state index in [1.54, 1.807) is 30.5 Å². The fourth-order valence-corrected chi connectivity index (χ4v) is 1.91. The highest BCUT2D eigenvalue weighted by atomic mass is 16.5. The molecule has 0 unspecified atom stereocenters. The van der Waals surface area contributed by atoms with Gasteiger partial charge in [0.15, 0.2) is 0 Å². The van der Waals surface area contributed by atoms with Gasteiger partial charge >= 0.3 is 0 Å². The fraction of sp³-hybridized carbons (Fsp3) is 0.158. The number of rotatable bonds is 7. The summed E-state index contributed by atoms with van der Waals surface area (Å²) in [6, 6.07) is 17.0. The Morgan fingerprint density at radius 3 is 2.65 bits per heavy atom. The monoisotopic (exact) mass is 308 g/mol. The Kier molecular flexibility index (Phi) is 6.60. The van der Waals surface area contributed by atoms with Gasteiger partial charge in [0.2, 0.25) is 0 Å². The number of carbonyl (C=O) groups excluding carboxylic acids is 1. The Morgan fingerprint density at radius 2 is 1.87 bits per heavy atom. The second-order valence-electron chi connectivity index (χ2n) is 4.83. The van der Waals surface area contributed by atoms with Crippen LogP contribution in [-0.4, -0.2) is 18.7 Å². The maximum absolute atomic E-state index is 12.1. The number of ether oxygens (including phenoxy) is 1. The second kappa shape index (κ2) is 9.20. The predicted molar refractivity (Wildman–Crippen MR) is 93.7 cm³/mol. The molecule has 1 N–H and O–H groups in total. The minimum absolute atomic E-state index is 0.291. The van der Waals surface area contributed by atoms with E-state index in [0.717, 1.165) is 12.0 Å². The van der Waals surface area contributed by atoms with Gasteiger partial charge < -0.3 is 4.74 Å². The van der Waals surface area contributed by atoms with Crippen molar-refractivity contribution in [2.75, 3.05) is 6.61 Å². The summed E-state index contributed by atoms with van der Waals surface area (Å²) in [4.78, 5) is 12.1. The minimum atomic E-state index is -0.291. The number of carbonyl (C=O) groups is 1.